The maximum Gasteiger partial charge on any atom is 0.303 e. The first-order chi connectivity index (χ1) is 7.27. The summed E-state index contributed by atoms with van der Waals surface area (Å²) in [6.45, 7) is 0.549. The molecule has 1 N–H and O–H groups in total. The van der Waals surface area contributed by atoms with Crippen LogP contribution in [0.1, 0.15) is 17.5 Å². The maximum absolute atomic E-state index is 10.5. The number of fused-ring (bicyclic) bond motifs is 2. The average Bonchev–Trinajstić information content (AvgIpc) is 2.33. The van der Waals surface area contributed by atoms with Crippen molar-refractivity contribution in [2.75, 3.05) is 6.61 Å². The van der Waals surface area contributed by atoms with Crippen molar-refractivity contribution in [1.29, 1.82) is 0 Å². The Kier molecular flexibility index (Phi) is 2.72. The van der Waals surface area contributed by atoms with Crippen LogP contribution in [0.15, 0.2) is 24.3 Å². The summed E-state index contributed by atoms with van der Waals surface area (Å²) in [5, 5.41) is 8.66. The number of carboxylic acid groups (broad SMARTS) is 1. The van der Waals surface area contributed by atoms with Gasteiger partial charge in [0, 0.05) is 12.0 Å². The molecule has 3 nitrogen and oxygen atoms in total. The molecular formula is C12H12O3. The summed E-state index contributed by atoms with van der Waals surface area (Å²) in [6.07, 6.45) is 4.58. The third-order valence-corrected chi connectivity index (χ3v) is 2.39. The van der Waals surface area contributed by atoms with Crippen LogP contribution in [0.4, 0.5) is 0 Å². The highest BCUT2D eigenvalue weighted by atomic mass is 16.5. The van der Waals surface area contributed by atoms with E-state index in [1.54, 1.807) is 0 Å². The van der Waals surface area contributed by atoms with E-state index in [1.165, 1.54) is 0 Å². The Labute approximate surface area is 88.0 Å². The third kappa shape index (κ3) is 2.18. The molecular weight excluding hydrogens is 192 g/mol. The molecule has 2 rings (SSSR count). The van der Waals surface area contributed by atoms with E-state index in [9.17, 15) is 4.79 Å². The number of carboxylic acids is 1. The number of hydrogen-bond donors (Lipinski definition) is 1. The van der Waals surface area contributed by atoms with Crippen LogP contribution in [0.25, 0.3) is 6.08 Å². The van der Waals surface area contributed by atoms with Crippen LogP contribution >= 0.6 is 0 Å². The Morgan fingerprint density at radius 1 is 1.47 bits per heavy atom. The molecule has 0 fully saturated rings. The average molecular weight is 204 g/mol. The first-order valence-electron chi connectivity index (χ1n) is 4.90. The Morgan fingerprint density at radius 3 is 3.13 bits per heavy atom. The molecule has 0 saturated carbocycles. The molecule has 0 aliphatic carbocycles. The van der Waals surface area contributed by atoms with Crippen molar-refractivity contribution in [2.24, 2.45) is 0 Å². The minimum atomic E-state index is -0.779. The number of rotatable bonds is 3. The smallest absolute Gasteiger partial charge is 0.303 e. The Morgan fingerprint density at radius 2 is 2.33 bits per heavy atom. The molecule has 0 aromatic heterocycles. The van der Waals surface area contributed by atoms with E-state index in [-0.39, 0.29) is 6.42 Å². The molecule has 0 unspecified atom stereocenters. The minimum Gasteiger partial charge on any atom is -0.489 e. The molecule has 3 heteroatoms. The second-order valence-corrected chi connectivity index (χ2v) is 3.43. The summed E-state index contributed by atoms with van der Waals surface area (Å²) in [5.41, 5.74) is 2.06. The van der Waals surface area contributed by atoms with Gasteiger partial charge in [-0.2, -0.15) is 0 Å². The molecule has 1 aliphatic rings. The largest absolute Gasteiger partial charge is 0.489 e. The van der Waals surface area contributed by atoms with Gasteiger partial charge in [-0.3, -0.25) is 4.79 Å². The van der Waals surface area contributed by atoms with E-state index in [0.29, 0.717) is 13.0 Å². The molecule has 78 valence electrons. The molecule has 1 aromatic rings. The number of aliphatic carboxylic acids is 1. The standard InChI is InChI=1S/C12H12O3/c13-12(14)7-6-10-9-3-1-5-11(10)15-8-2-4-9/h1-5H,6-8H2,(H,13,14). The maximum atomic E-state index is 10.5. The van der Waals surface area contributed by atoms with Crippen molar-refractivity contribution >= 4 is 12.0 Å². The molecule has 0 atom stereocenters. The van der Waals surface area contributed by atoms with E-state index >= 15 is 0 Å². The Balaban J connectivity index is 2.30. The zero-order chi connectivity index (χ0) is 10.7. The molecule has 0 spiro atoms. The van der Waals surface area contributed by atoms with Gasteiger partial charge >= 0.3 is 5.97 Å². The van der Waals surface area contributed by atoms with Gasteiger partial charge in [0.2, 0.25) is 0 Å². The van der Waals surface area contributed by atoms with Crippen LogP contribution in [-0.2, 0) is 11.2 Å². The summed E-state index contributed by atoms with van der Waals surface area (Å²) < 4.78 is 5.49. The number of carbonyl (C=O) groups is 1. The monoisotopic (exact) mass is 204 g/mol. The molecule has 0 radical (unpaired) electrons. The van der Waals surface area contributed by atoms with Crippen molar-refractivity contribution in [3.8, 4) is 5.75 Å². The fourth-order valence-electron chi connectivity index (χ4n) is 1.69. The van der Waals surface area contributed by atoms with Gasteiger partial charge < -0.3 is 9.84 Å². The molecule has 1 aliphatic heterocycles. The topological polar surface area (TPSA) is 46.5 Å². The lowest BCUT2D eigenvalue weighted by Gasteiger charge is -2.09. The number of ether oxygens (including phenoxy) is 1. The summed E-state index contributed by atoms with van der Waals surface area (Å²) >= 11 is 0. The highest BCUT2D eigenvalue weighted by Gasteiger charge is 2.11. The van der Waals surface area contributed by atoms with Crippen molar-refractivity contribution in [3.63, 3.8) is 0 Å². The van der Waals surface area contributed by atoms with Gasteiger partial charge in [-0.15, -0.1) is 0 Å². The third-order valence-electron chi connectivity index (χ3n) is 2.39. The van der Waals surface area contributed by atoms with Gasteiger partial charge in [0.15, 0.2) is 0 Å². The van der Waals surface area contributed by atoms with Crippen molar-refractivity contribution in [3.05, 3.63) is 35.4 Å². The second-order valence-electron chi connectivity index (χ2n) is 3.43. The highest BCUT2D eigenvalue weighted by molar-refractivity contribution is 5.68. The van der Waals surface area contributed by atoms with Gasteiger partial charge in [-0.05, 0) is 24.1 Å². The Hall–Kier alpha value is -1.77. The SMILES string of the molecule is O=C(O)CCc1c2cccc1OCC=C2. The van der Waals surface area contributed by atoms with Crippen molar-refractivity contribution in [2.45, 2.75) is 12.8 Å². The summed E-state index contributed by atoms with van der Waals surface area (Å²) in [6, 6.07) is 5.78. The predicted molar refractivity (Wildman–Crippen MR) is 56.9 cm³/mol. The normalized spacial score (nSPS) is 13.1. The molecule has 1 heterocycles. The van der Waals surface area contributed by atoms with Crippen LogP contribution < -0.4 is 4.74 Å². The van der Waals surface area contributed by atoms with E-state index in [2.05, 4.69) is 0 Å². The van der Waals surface area contributed by atoms with E-state index < -0.39 is 5.97 Å². The molecule has 2 bridgehead atoms. The van der Waals surface area contributed by atoms with Gasteiger partial charge in [-0.25, -0.2) is 0 Å². The van der Waals surface area contributed by atoms with E-state index in [1.807, 2.05) is 30.4 Å². The van der Waals surface area contributed by atoms with Crippen LogP contribution in [0.3, 0.4) is 0 Å². The van der Waals surface area contributed by atoms with E-state index in [4.69, 9.17) is 9.84 Å². The highest BCUT2D eigenvalue weighted by Crippen LogP contribution is 2.27. The van der Waals surface area contributed by atoms with Gasteiger partial charge in [-0.1, -0.05) is 18.2 Å². The lowest BCUT2D eigenvalue weighted by atomic mass is 10.0. The van der Waals surface area contributed by atoms with Gasteiger partial charge in [0.1, 0.15) is 12.4 Å². The summed E-state index contributed by atoms with van der Waals surface area (Å²) in [7, 11) is 0. The lowest BCUT2D eigenvalue weighted by Crippen LogP contribution is -2.01. The zero-order valence-corrected chi connectivity index (χ0v) is 8.27. The molecule has 15 heavy (non-hydrogen) atoms. The molecule has 1 aromatic carbocycles. The lowest BCUT2D eigenvalue weighted by molar-refractivity contribution is -0.136. The second kappa shape index (κ2) is 4.17. The fraction of sp³-hybridized carbons (Fsp3) is 0.250. The van der Waals surface area contributed by atoms with Crippen molar-refractivity contribution < 1.29 is 14.6 Å². The quantitative estimate of drug-likeness (QED) is 0.820. The Bertz CT molecular complexity index is 407. The van der Waals surface area contributed by atoms with Crippen LogP contribution in [0.5, 0.6) is 5.75 Å². The number of benzene rings is 1. The van der Waals surface area contributed by atoms with E-state index in [0.717, 1.165) is 16.9 Å². The molecule has 0 amide bonds. The van der Waals surface area contributed by atoms with Gasteiger partial charge in [0.25, 0.3) is 0 Å². The number of hydrogen-bond acceptors (Lipinski definition) is 2. The van der Waals surface area contributed by atoms with Crippen LogP contribution in [-0.4, -0.2) is 17.7 Å². The zero-order valence-electron chi connectivity index (χ0n) is 8.27. The van der Waals surface area contributed by atoms with Crippen LogP contribution in [0, 0.1) is 0 Å². The van der Waals surface area contributed by atoms with Crippen molar-refractivity contribution in [1.82, 2.24) is 0 Å². The molecule has 0 saturated heterocycles. The fourth-order valence-corrected chi connectivity index (χ4v) is 1.69. The minimum absolute atomic E-state index is 0.140. The predicted octanol–water partition coefficient (Wildman–Crippen LogP) is 2.11. The summed E-state index contributed by atoms with van der Waals surface area (Å²) in [4.78, 5) is 10.5. The van der Waals surface area contributed by atoms with Gasteiger partial charge in [0.05, 0.1) is 0 Å². The van der Waals surface area contributed by atoms with Crippen LogP contribution in [0.2, 0.25) is 0 Å². The first-order valence-corrected chi connectivity index (χ1v) is 4.90. The summed E-state index contributed by atoms with van der Waals surface area (Å²) in [5.74, 6) is 0.0257. The first kappa shape index (κ1) is 9.77.